The molecule has 0 aromatic heterocycles. The summed E-state index contributed by atoms with van der Waals surface area (Å²) >= 11 is 0. The summed E-state index contributed by atoms with van der Waals surface area (Å²) in [5.74, 6) is 2.10. The Hall–Kier alpha value is -0.790. The number of hydrogen-bond acceptors (Lipinski definition) is 2. The van der Waals surface area contributed by atoms with Gasteiger partial charge in [-0.15, -0.1) is 0 Å². The van der Waals surface area contributed by atoms with E-state index in [9.17, 15) is 4.79 Å². The lowest BCUT2D eigenvalue weighted by Crippen LogP contribution is -2.15. The molecule has 0 saturated carbocycles. The van der Waals surface area contributed by atoms with Crippen LogP contribution in [0.15, 0.2) is 12.2 Å². The highest BCUT2D eigenvalue weighted by atomic mass is 16.5. The first-order chi connectivity index (χ1) is 17.4. The second-order valence-electron chi connectivity index (χ2n) is 12.1. The zero-order valence-electron chi connectivity index (χ0n) is 25.5. The molecule has 0 rings (SSSR count). The summed E-state index contributed by atoms with van der Waals surface area (Å²) in [5.41, 5.74) is 0.515. The maximum absolute atomic E-state index is 11.9. The maximum Gasteiger partial charge on any atom is 0.333 e. The highest BCUT2D eigenvalue weighted by molar-refractivity contribution is 5.86. The topological polar surface area (TPSA) is 26.3 Å². The highest BCUT2D eigenvalue weighted by Crippen LogP contribution is 2.22. The Morgan fingerprint density at radius 1 is 0.583 bits per heavy atom. The molecular weight excluding hydrogens is 440 g/mol. The molecule has 0 aliphatic carbocycles. The summed E-state index contributed by atoms with van der Waals surface area (Å²) in [4.78, 5) is 11.9. The van der Waals surface area contributed by atoms with Crippen molar-refractivity contribution in [2.45, 2.75) is 176 Å². The summed E-state index contributed by atoms with van der Waals surface area (Å²) in [6.07, 6.45) is 29.8. The summed E-state index contributed by atoms with van der Waals surface area (Å²) in [7, 11) is 0. The van der Waals surface area contributed by atoms with Gasteiger partial charge in [-0.2, -0.15) is 0 Å². The van der Waals surface area contributed by atoms with Gasteiger partial charge in [-0.05, 0) is 37.5 Å². The number of carbonyl (C=O) groups excluding carboxylic acids is 1. The monoisotopic (exact) mass is 507 g/mol. The van der Waals surface area contributed by atoms with E-state index >= 15 is 0 Å². The molecule has 0 aromatic carbocycles. The second-order valence-corrected chi connectivity index (χ2v) is 12.1. The van der Waals surface area contributed by atoms with E-state index in [2.05, 4.69) is 34.3 Å². The van der Waals surface area contributed by atoms with Crippen molar-refractivity contribution in [1.82, 2.24) is 0 Å². The second kappa shape index (κ2) is 25.8. The van der Waals surface area contributed by atoms with Crippen LogP contribution < -0.4 is 0 Å². The van der Waals surface area contributed by atoms with E-state index in [0.717, 1.165) is 11.8 Å². The van der Waals surface area contributed by atoms with Gasteiger partial charge >= 0.3 is 5.97 Å². The fourth-order valence-corrected chi connectivity index (χ4v) is 5.31. The van der Waals surface area contributed by atoms with E-state index in [1.807, 2.05) is 0 Å². The Kier molecular flexibility index (Phi) is 25.3. The molecule has 0 fully saturated rings. The lowest BCUT2D eigenvalue weighted by molar-refractivity contribution is -0.140. The minimum atomic E-state index is -0.221. The minimum Gasteiger partial charge on any atom is -0.462 e. The number of ether oxygens (including phenoxy) is 1. The lowest BCUT2D eigenvalue weighted by atomic mass is 9.93. The van der Waals surface area contributed by atoms with E-state index in [1.54, 1.807) is 6.92 Å². The summed E-state index contributed by atoms with van der Waals surface area (Å²) in [6, 6.07) is 0. The standard InChI is InChI=1S/C34H66O2/c1-7-9-17-23-31(5)25-19-13-11-12-14-21-27-33(29-36-34(35)30(3)4)28-22-16-15-20-26-32(6)24-18-10-8-2/h31-33H,3,7-29H2,1-2,4-6H3. The minimum absolute atomic E-state index is 0.221. The molecule has 0 aliphatic rings. The van der Waals surface area contributed by atoms with Crippen molar-refractivity contribution in [3.63, 3.8) is 0 Å². The summed E-state index contributed by atoms with van der Waals surface area (Å²) in [6.45, 7) is 15.5. The lowest BCUT2D eigenvalue weighted by Gasteiger charge is -2.17. The van der Waals surface area contributed by atoms with Gasteiger partial charge in [0.25, 0.3) is 0 Å². The number of rotatable bonds is 27. The predicted molar refractivity (Wildman–Crippen MR) is 161 cm³/mol. The number of esters is 1. The highest BCUT2D eigenvalue weighted by Gasteiger charge is 2.13. The summed E-state index contributed by atoms with van der Waals surface area (Å²) < 4.78 is 5.55. The van der Waals surface area contributed by atoms with Crippen molar-refractivity contribution in [2.75, 3.05) is 6.61 Å². The Labute approximate surface area is 227 Å². The van der Waals surface area contributed by atoms with Crippen LogP contribution in [0.25, 0.3) is 0 Å². The summed E-state index contributed by atoms with van der Waals surface area (Å²) in [5, 5.41) is 0. The Bertz CT molecular complexity index is 497. The van der Waals surface area contributed by atoms with Crippen LogP contribution in [-0.4, -0.2) is 12.6 Å². The molecule has 0 spiro atoms. The van der Waals surface area contributed by atoms with Crippen LogP contribution in [0.5, 0.6) is 0 Å². The molecule has 0 saturated heterocycles. The SMILES string of the molecule is C=C(C)C(=O)OCC(CCCCCCCCC(C)CCCCC)CCCCCCC(C)CCCCC. The molecule has 36 heavy (non-hydrogen) atoms. The third-order valence-corrected chi connectivity index (χ3v) is 8.02. The van der Waals surface area contributed by atoms with E-state index in [4.69, 9.17) is 4.74 Å². The third-order valence-electron chi connectivity index (χ3n) is 8.02. The van der Waals surface area contributed by atoms with Gasteiger partial charge in [0.05, 0.1) is 6.61 Å². The first kappa shape index (κ1) is 35.2. The van der Waals surface area contributed by atoms with E-state index < -0.39 is 0 Å². The maximum atomic E-state index is 11.9. The molecule has 0 bridgehead atoms. The predicted octanol–water partition coefficient (Wildman–Crippen LogP) is 11.6. The third kappa shape index (κ3) is 23.6. The fourth-order valence-electron chi connectivity index (χ4n) is 5.31. The van der Waals surface area contributed by atoms with Crippen LogP contribution in [0.1, 0.15) is 176 Å². The average Bonchev–Trinajstić information content (AvgIpc) is 2.85. The van der Waals surface area contributed by atoms with Crippen molar-refractivity contribution in [2.24, 2.45) is 17.8 Å². The van der Waals surface area contributed by atoms with Gasteiger partial charge in [0.15, 0.2) is 0 Å². The van der Waals surface area contributed by atoms with Gasteiger partial charge < -0.3 is 4.74 Å². The van der Waals surface area contributed by atoms with Gasteiger partial charge in [-0.3, -0.25) is 0 Å². The van der Waals surface area contributed by atoms with Crippen LogP contribution in [0.3, 0.4) is 0 Å². The average molecular weight is 507 g/mol. The fraction of sp³-hybridized carbons (Fsp3) is 0.912. The largest absolute Gasteiger partial charge is 0.462 e. The van der Waals surface area contributed by atoms with Crippen LogP contribution in [-0.2, 0) is 9.53 Å². The Morgan fingerprint density at radius 3 is 1.28 bits per heavy atom. The molecule has 3 unspecified atom stereocenters. The van der Waals surface area contributed by atoms with E-state index in [1.165, 1.54) is 141 Å². The molecular formula is C34H66O2. The molecule has 2 nitrogen and oxygen atoms in total. The van der Waals surface area contributed by atoms with Crippen molar-refractivity contribution < 1.29 is 9.53 Å². The van der Waals surface area contributed by atoms with Crippen molar-refractivity contribution in [3.05, 3.63) is 12.2 Å². The van der Waals surface area contributed by atoms with Crippen LogP contribution in [0.4, 0.5) is 0 Å². The number of carbonyl (C=O) groups is 1. The quantitative estimate of drug-likeness (QED) is 0.0629. The van der Waals surface area contributed by atoms with Gasteiger partial charge in [-0.1, -0.05) is 163 Å². The van der Waals surface area contributed by atoms with Crippen molar-refractivity contribution in [1.29, 1.82) is 0 Å². The van der Waals surface area contributed by atoms with E-state index in [-0.39, 0.29) is 5.97 Å². The molecule has 0 aromatic rings. The number of unbranched alkanes of at least 4 members (excludes halogenated alkanes) is 12. The van der Waals surface area contributed by atoms with Gasteiger partial charge in [-0.25, -0.2) is 4.79 Å². The molecule has 0 aliphatic heterocycles. The molecule has 0 amide bonds. The molecule has 0 heterocycles. The van der Waals surface area contributed by atoms with Crippen LogP contribution in [0.2, 0.25) is 0 Å². The van der Waals surface area contributed by atoms with Crippen LogP contribution in [0, 0.1) is 17.8 Å². The van der Waals surface area contributed by atoms with Crippen molar-refractivity contribution >= 4 is 5.97 Å². The smallest absolute Gasteiger partial charge is 0.333 e. The first-order valence-corrected chi connectivity index (χ1v) is 16.2. The van der Waals surface area contributed by atoms with Gasteiger partial charge in [0.1, 0.15) is 0 Å². The molecule has 3 atom stereocenters. The molecule has 2 heteroatoms. The zero-order valence-corrected chi connectivity index (χ0v) is 25.5. The zero-order chi connectivity index (χ0) is 26.9. The van der Waals surface area contributed by atoms with Crippen LogP contribution >= 0.6 is 0 Å². The van der Waals surface area contributed by atoms with Gasteiger partial charge in [0.2, 0.25) is 0 Å². The normalized spacial score (nSPS) is 13.9. The number of hydrogen-bond donors (Lipinski definition) is 0. The molecule has 214 valence electrons. The van der Waals surface area contributed by atoms with E-state index in [0.29, 0.717) is 18.1 Å². The van der Waals surface area contributed by atoms with Crippen molar-refractivity contribution in [3.8, 4) is 0 Å². The van der Waals surface area contributed by atoms with Gasteiger partial charge in [0, 0.05) is 5.57 Å². The molecule has 0 radical (unpaired) electrons. The molecule has 0 N–H and O–H groups in total. The first-order valence-electron chi connectivity index (χ1n) is 16.2. The Balaban J connectivity index is 3.98. The Morgan fingerprint density at radius 2 is 0.917 bits per heavy atom.